The average molecular weight is 296 g/mol. The van der Waals surface area contributed by atoms with Crippen molar-refractivity contribution in [2.45, 2.75) is 56.5 Å². The Hall–Kier alpha value is -0.910. The summed E-state index contributed by atoms with van der Waals surface area (Å²) in [5.74, 6) is 0.699. The van der Waals surface area contributed by atoms with Gasteiger partial charge in [0.05, 0.1) is 4.90 Å². The van der Waals surface area contributed by atoms with Gasteiger partial charge in [-0.15, -0.1) is 0 Å². The van der Waals surface area contributed by atoms with Crippen LogP contribution >= 0.6 is 0 Å². The molecule has 2 rings (SSSR count). The molecule has 5 heteroatoms. The standard InChI is InChI=1S/C15H24N2O2S/c1-12-4-2-6-14(9-8-12)17-20(18,19)15-7-3-5-13(10-15)11-16/h3,5,7,10,12,14,17H,2,4,6,8-9,11,16H2,1H3. The van der Waals surface area contributed by atoms with Gasteiger partial charge >= 0.3 is 0 Å². The molecule has 0 saturated heterocycles. The molecule has 0 bridgehead atoms. The second kappa shape index (κ2) is 6.70. The maximum absolute atomic E-state index is 12.4. The number of hydrogen-bond donors (Lipinski definition) is 2. The lowest BCUT2D eigenvalue weighted by Gasteiger charge is -2.17. The monoisotopic (exact) mass is 296 g/mol. The SMILES string of the molecule is CC1CCCC(NS(=O)(=O)c2cccc(CN)c2)CC1. The molecule has 1 aromatic rings. The highest BCUT2D eigenvalue weighted by atomic mass is 32.2. The smallest absolute Gasteiger partial charge is 0.240 e. The van der Waals surface area contributed by atoms with Crippen LogP contribution in [0, 0.1) is 5.92 Å². The van der Waals surface area contributed by atoms with E-state index in [1.54, 1.807) is 18.2 Å². The summed E-state index contributed by atoms with van der Waals surface area (Å²) in [4.78, 5) is 0.317. The molecule has 1 aromatic carbocycles. The van der Waals surface area contributed by atoms with E-state index in [0.29, 0.717) is 17.4 Å². The largest absolute Gasteiger partial charge is 0.326 e. The lowest BCUT2D eigenvalue weighted by molar-refractivity contribution is 0.484. The van der Waals surface area contributed by atoms with Gasteiger partial charge in [-0.25, -0.2) is 13.1 Å². The van der Waals surface area contributed by atoms with Gasteiger partial charge in [0.2, 0.25) is 10.0 Å². The fraction of sp³-hybridized carbons (Fsp3) is 0.600. The third-order valence-corrected chi connectivity index (χ3v) is 5.54. The Bertz CT molecular complexity index is 543. The van der Waals surface area contributed by atoms with Crippen molar-refractivity contribution >= 4 is 10.0 Å². The summed E-state index contributed by atoms with van der Waals surface area (Å²) in [7, 11) is -3.43. The van der Waals surface area contributed by atoms with Crippen LogP contribution in [-0.2, 0) is 16.6 Å². The van der Waals surface area contributed by atoms with E-state index >= 15 is 0 Å². The molecule has 112 valence electrons. The zero-order valence-electron chi connectivity index (χ0n) is 12.0. The predicted molar refractivity (Wildman–Crippen MR) is 80.7 cm³/mol. The third kappa shape index (κ3) is 4.04. The number of nitrogens with two attached hydrogens (primary N) is 1. The topological polar surface area (TPSA) is 72.2 Å². The van der Waals surface area contributed by atoms with E-state index < -0.39 is 10.0 Å². The van der Waals surface area contributed by atoms with E-state index in [1.165, 1.54) is 6.42 Å². The molecular formula is C15H24N2O2S. The molecule has 0 spiro atoms. The van der Waals surface area contributed by atoms with E-state index in [4.69, 9.17) is 5.73 Å². The van der Waals surface area contributed by atoms with Crippen molar-refractivity contribution < 1.29 is 8.42 Å². The summed E-state index contributed by atoms with van der Waals surface area (Å²) in [6.45, 7) is 2.59. The lowest BCUT2D eigenvalue weighted by Crippen LogP contribution is -2.34. The molecule has 1 fully saturated rings. The summed E-state index contributed by atoms with van der Waals surface area (Å²) < 4.78 is 27.7. The fourth-order valence-corrected chi connectivity index (χ4v) is 4.11. The summed E-state index contributed by atoms with van der Waals surface area (Å²) in [6.07, 6.45) is 5.24. The van der Waals surface area contributed by atoms with Gasteiger partial charge in [0, 0.05) is 12.6 Å². The number of nitrogens with one attached hydrogen (secondary N) is 1. The van der Waals surface area contributed by atoms with Gasteiger partial charge in [-0.3, -0.25) is 0 Å². The minimum absolute atomic E-state index is 0.0616. The zero-order valence-corrected chi connectivity index (χ0v) is 12.8. The van der Waals surface area contributed by atoms with Gasteiger partial charge in [-0.2, -0.15) is 0 Å². The highest BCUT2D eigenvalue weighted by Crippen LogP contribution is 2.24. The minimum Gasteiger partial charge on any atom is -0.326 e. The molecule has 0 amide bonds. The van der Waals surface area contributed by atoms with Gasteiger partial charge in [-0.1, -0.05) is 31.9 Å². The van der Waals surface area contributed by atoms with Crippen LogP contribution in [0.25, 0.3) is 0 Å². The summed E-state index contributed by atoms with van der Waals surface area (Å²) >= 11 is 0. The maximum Gasteiger partial charge on any atom is 0.240 e. The first-order chi connectivity index (χ1) is 9.51. The van der Waals surface area contributed by atoms with Gasteiger partial charge in [-0.05, 0) is 42.9 Å². The normalized spacial score (nSPS) is 24.3. The van der Waals surface area contributed by atoms with E-state index in [9.17, 15) is 8.42 Å². The number of sulfonamides is 1. The quantitative estimate of drug-likeness (QED) is 0.838. The first kappa shape index (κ1) is 15.5. The van der Waals surface area contributed by atoms with E-state index in [1.807, 2.05) is 6.07 Å². The molecule has 4 nitrogen and oxygen atoms in total. The minimum atomic E-state index is -3.43. The zero-order chi connectivity index (χ0) is 14.6. The Labute approximate surface area is 121 Å². The van der Waals surface area contributed by atoms with Crippen molar-refractivity contribution in [3.63, 3.8) is 0 Å². The highest BCUT2D eigenvalue weighted by molar-refractivity contribution is 7.89. The van der Waals surface area contributed by atoms with Crippen LogP contribution in [-0.4, -0.2) is 14.5 Å². The van der Waals surface area contributed by atoms with Crippen molar-refractivity contribution in [3.8, 4) is 0 Å². The van der Waals surface area contributed by atoms with Crippen LogP contribution in [0.3, 0.4) is 0 Å². The molecule has 1 aliphatic rings. The Morgan fingerprint density at radius 3 is 2.80 bits per heavy atom. The van der Waals surface area contributed by atoms with Crippen molar-refractivity contribution in [2.75, 3.05) is 0 Å². The van der Waals surface area contributed by atoms with Crippen LogP contribution in [0.2, 0.25) is 0 Å². The molecule has 0 radical (unpaired) electrons. The predicted octanol–water partition coefficient (Wildman–Crippen LogP) is 2.39. The Morgan fingerprint density at radius 2 is 2.05 bits per heavy atom. The molecule has 0 aromatic heterocycles. The number of benzene rings is 1. The second-order valence-electron chi connectivity index (χ2n) is 5.78. The van der Waals surface area contributed by atoms with Gasteiger partial charge in [0.15, 0.2) is 0 Å². The Morgan fingerprint density at radius 1 is 1.25 bits per heavy atom. The van der Waals surface area contributed by atoms with Crippen LogP contribution in [0.5, 0.6) is 0 Å². The van der Waals surface area contributed by atoms with Crippen molar-refractivity contribution in [3.05, 3.63) is 29.8 Å². The van der Waals surface area contributed by atoms with E-state index in [0.717, 1.165) is 31.2 Å². The summed E-state index contributed by atoms with van der Waals surface area (Å²) in [5.41, 5.74) is 6.40. The molecule has 0 heterocycles. The highest BCUT2D eigenvalue weighted by Gasteiger charge is 2.22. The molecule has 2 atom stereocenters. The van der Waals surface area contributed by atoms with Crippen LogP contribution < -0.4 is 10.5 Å². The summed E-state index contributed by atoms with van der Waals surface area (Å²) in [5, 5.41) is 0. The number of hydrogen-bond acceptors (Lipinski definition) is 3. The molecule has 0 aliphatic heterocycles. The first-order valence-corrected chi connectivity index (χ1v) is 8.81. The van der Waals surface area contributed by atoms with Gasteiger partial charge in [0.1, 0.15) is 0 Å². The van der Waals surface area contributed by atoms with Crippen molar-refractivity contribution in [1.29, 1.82) is 0 Å². The van der Waals surface area contributed by atoms with Crippen molar-refractivity contribution in [1.82, 2.24) is 4.72 Å². The van der Waals surface area contributed by atoms with E-state index in [-0.39, 0.29) is 6.04 Å². The van der Waals surface area contributed by atoms with Crippen LogP contribution in [0.1, 0.15) is 44.6 Å². The number of rotatable bonds is 4. The molecule has 1 saturated carbocycles. The fourth-order valence-electron chi connectivity index (χ4n) is 2.73. The lowest BCUT2D eigenvalue weighted by atomic mass is 10.0. The van der Waals surface area contributed by atoms with Gasteiger partial charge in [0.25, 0.3) is 0 Å². The Balaban J connectivity index is 2.10. The van der Waals surface area contributed by atoms with E-state index in [2.05, 4.69) is 11.6 Å². The maximum atomic E-state index is 12.4. The first-order valence-electron chi connectivity index (χ1n) is 7.32. The average Bonchev–Trinajstić information content (AvgIpc) is 2.63. The Kier molecular flexibility index (Phi) is 5.18. The third-order valence-electron chi connectivity index (χ3n) is 4.02. The second-order valence-corrected chi connectivity index (χ2v) is 7.50. The van der Waals surface area contributed by atoms with Gasteiger partial charge < -0.3 is 5.73 Å². The summed E-state index contributed by atoms with van der Waals surface area (Å²) in [6, 6.07) is 6.92. The van der Waals surface area contributed by atoms with Crippen LogP contribution in [0.4, 0.5) is 0 Å². The molecule has 2 unspecified atom stereocenters. The molecule has 1 aliphatic carbocycles. The molecular weight excluding hydrogens is 272 g/mol. The molecule has 20 heavy (non-hydrogen) atoms. The van der Waals surface area contributed by atoms with Crippen LogP contribution in [0.15, 0.2) is 29.2 Å². The molecule has 3 N–H and O–H groups in total. The van der Waals surface area contributed by atoms with Crippen molar-refractivity contribution in [2.24, 2.45) is 11.7 Å².